The first kappa shape index (κ1) is 9.98. The first-order valence-electron chi connectivity index (χ1n) is 4.23. The number of nitrogens with zero attached hydrogens (tertiary/aromatic N) is 1. The molecule has 0 aromatic carbocycles. The van der Waals surface area contributed by atoms with E-state index < -0.39 is 0 Å². The molecule has 0 aliphatic rings. The number of carbonyl (C=O) groups excluding carboxylic acids is 1. The lowest BCUT2D eigenvalue weighted by molar-refractivity contribution is -0.120. The Balaban J connectivity index is 2.11. The molecule has 0 unspecified atom stereocenters. The fourth-order valence-electron chi connectivity index (χ4n) is 0.879. The van der Waals surface area contributed by atoms with Gasteiger partial charge in [0.2, 0.25) is 5.91 Å². The first-order valence-corrected chi connectivity index (χ1v) is 5.11. The maximum absolute atomic E-state index is 11.0. The second-order valence-electron chi connectivity index (χ2n) is 2.47. The summed E-state index contributed by atoms with van der Waals surface area (Å²) in [5, 5.41) is 8.55. The van der Waals surface area contributed by atoms with Crippen molar-refractivity contribution in [3.8, 4) is 0 Å². The van der Waals surface area contributed by atoms with Crippen LogP contribution in [0, 0.1) is 0 Å². The van der Waals surface area contributed by atoms with Gasteiger partial charge >= 0.3 is 0 Å². The van der Waals surface area contributed by atoms with Crippen LogP contribution in [0.2, 0.25) is 0 Å². The molecule has 1 aromatic heterocycles. The zero-order chi connectivity index (χ0) is 9.52. The zero-order valence-electron chi connectivity index (χ0n) is 7.54. The second kappa shape index (κ2) is 5.53. The van der Waals surface area contributed by atoms with Crippen LogP contribution < -0.4 is 10.6 Å². The average Bonchev–Trinajstić information content (AvgIpc) is 2.57. The van der Waals surface area contributed by atoms with Gasteiger partial charge in [-0.25, -0.2) is 4.98 Å². The molecule has 0 atom stereocenters. The van der Waals surface area contributed by atoms with Crippen molar-refractivity contribution in [3.05, 3.63) is 11.6 Å². The molecule has 1 rings (SSSR count). The molecular formula is C8H13N3OS. The summed E-state index contributed by atoms with van der Waals surface area (Å²) >= 11 is 1.53. The van der Waals surface area contributed by atoms with Crippen molar-refractivity contribution in [2.75, 3.05) is 18.4 Å². The van der Waals surface area contributed by atoms with Crippen molar-refractivity contribution in [2.45, 2.75) is 13.3 Å². The largest absolute Gasteiger partial charge is 0.361 e. The lowest BCUT2D eigenvalue weighted by Crippen LogP contribution is -2.24. The number of amides is 1. The standard InChI is InChI=1S/C8H13N3OS/c1-2-9-7(12)3-4-10-8-11-5-6-13-8/h5-6H,2-4H2,1H3,(H,9,12)(H,10,11). The molecular weight excluding hydrogens is 186 g/mol. The van der Waals surface area contributed by atoms with Crippen LogP contribution in [0.3, 0.4) is 0 Å². The first-order chi connectivity index (χ1) is 6.33. The van der Waals surface area contributed by atoms with Gasteiger partial charge in [0, 0.05) is 31.1 Å². The van der Waals surface area contributed by atoms with E-state index in [-0.39, 0.29) is 5.91 Å². The van der Waals surface area contributed by atoms with E-state index in [9.17, 15) is 4.79 Å². The maximum atomic E-state index is 11.0. The molecule has 4 nitrogen and oxygen atoms in total. The predicted molar refractivity (Wildman–Crippen MR) is 53.9 cm³/mol. The van der Waals surface area contributed by atoms with Gasteiger partial charge in [-0.1, -0.05) is 0 Å². The Labute approximate surface area is 81.4 Å². The number of rotatable bonds is 5. The molecule has 1 heterocycles. The van der Waals surface area contributed by atoms with E-state index in [2.05, 4.69) is 15.6 Å². The minimum atomic E-state index is 0.0755. The van der Waals surface area contributed by atoms with Crippen LogP contribution in [0.5, 0.6) is 0 Å². The van der Waals surface area contributed by atoms with Gasteiger partial charge in [-0.05, 0) is 6.92 Å². The smallest absolute Gasteiger partial charge is 0.221 e. The number of thiazole rings is 1. The lowest BCUT2D eigenvalue weighted by atomic mass is 10.4. The van der Waals surface area contributed by atoms with Gasteiger partial charge in [0.1, 0.15) is 0 Å². The van der Waals surface area contributed by atoms with Gasteiger partial charge in [-0.3, -0.25) is 4.79 Å². The van der Waals surface area contributed by atoms with Gasteiger partial charge in [-0.15, -0.1) is 11.3 Å². The number of anilines is 1. The van der Waals surface area contributed by atoms with Crippen LogP contribution in [0.1, 0.15) is 13.3 Å². The van der Waals surface area contributed by atoms with E-state index in [1.165, 1.54) is 11.3 Å². The monoisotopic (exact) mass is 199 g/mol. The molecule has 0 spiro atoms. The van der Waals surface area contributed by atoms with Crippen molar-refractivity contribution in [2.24, 2.45) is 0 Å². The quantitative estimate of drug-likeness (QED) is 0.746. The Kier molecular flexibility index (Phi) is 4.25. The Morgan fingerprint density at radius 3 is 3.15 bits per heavy atom. The summed E-state index contributed by atoms with van der Waals surface area (Å²) in [5.41, 5.74) is 0. The van der Waals surface area contributed by atoms with E-state index in [1.807, 2.05) is 12.3 Å². The summed E-state index contributed by atoms with van der Waals surface area (Å²) in [6, 6.07) is 0. The van der Waals surface area contributed by atoms with Crippen molar-refractivity contribution in [1.82, 2.24) is 10.3 Å². The Hall–Kier alpha value is -1.10. The minimum Gasteiger partial charge on any atom is -0.361 e. The van der Waals surface area contributed by atoms with E-state index in [1.54, 1.807) is 6.20 Å². The molecule has 0 aliphatic carbocycles. The summed E-state index contributed by atoms with van der Waals surface area (Å²) in [4.78, 5) is 15.0. The third kappa shape index (κ3) is 3.89. The zero-order valence-corrected chi connectivity index (χ0v) is 8.36. The number of carbonyl (C=O) groups is 1. The van der Waals surface area contributed by atoms with Crippen LogP contribution in [0.25, 0.3) is 0 Å². The Bertz CT molecular complexity index is 248. The molecule has 5 heteroatoms. The highest BCUT2D eigenvalue weighted by molar-refractivity contribution is 7.13. The van der Waals surface area contributed by atoms with Gasteiger partial charge in [0.05, 0.1) is 0 Å². The van der Waals surface area contributed by atoms with Crippen LogP contribution in [-0.2, 0) is 4.79 Å². The number of nitrogens with one attached hydrogen (secondary N) is 2. The molecule has 13 heavy (non-hydrogen) atoms. The molecule has 0 saturated carbocycles. The van der Waals surface area contributed by atoms with Crippen molar-refractivity contribution < 1.29 is 4.79 Å². The molecule has 0 radical (unpaired) electrons. The molecule has 0 aliphatic heterocycles. The van der Waals surface area contributed by atoms with E-state index in [0.29, 0.717) is 19.5 Å². The molecule has 0 bridgehead atoms. The highest BCUT2D eigenvalue weighted by atomic mass is 32.1. The van der Waals surface area contributed by atoms with E-state index in [4.69, 9.17) is 0 Å². The molecule has 2 N–H and O–H groups in total. The highest BCUT2D eigenvalue weighted by Crippen LogP contribution is 2.09. The number of aromatic nitrogens is 1. The molecule has 0 fully saturated rings. The molecule has 0 saturated heterocycles. The molecule has 1 amide bonds. The van der Waals surface area contributed by atoms with Gasteiger partial charge in [0.15, 0.2) is 5.13 Å². The average molecular weight is 199 g/mol. The van der Waals surface area contributed by atoms with Crippen molar-refractivity contribution in [1.29, 1.82) is 0 Å². The minimum absolute atomic E-state index is 0.0755. The fourth-order valence-corrected chi connectivity index (χ4v) is 1.44. The van der Waals surface area contributed by atoms with Crippen LogP contribution in [0.4, 0.5) is 5.13 Å². The highest BCUT2D eigenvalue weighted by Gasteiger charge is 1.98. The van der Waals surface area contributed by atoms with Crippen LogP contribution >= 0.6 is 11.3 Å². The summed E-state index contributed by atoms with van der Waals surface area (Å²) in [5.74, 6) is 0.0755. The molecule has 72 valence electrons. The van der Waals surface area contributed by atoms with Crippen LogP contribution in [0.15, 0.2) is 11.6 Å². The maximum Gasteiger partial charge on any atom is 0.221 e. The van der Waals surface area contributed by atoms with E-state index in [0.717, 1.165) is 5.13 Å². The van der Waals surface area contributed by atoms with Gasteiger partial charge in [0.25, 0.3) is 0 Å². The summed E-state index contributed by atoms with van der Waals surface area (Å²) in [7, 11) is 0. The van der Waals surface area contributed by atoms with Crippen molar-refractivity contribution >= 4 is 22.4 Å². The van der Waals surface area contributed by atoms with Gasteiger partial charge in [-0.2, -0.15) is 0 Å². The second-order valence-corrected chi connectivity index (χ2v) is 3.36. The number of hydrogen-bond acceptors (Lipinski definition) is 4. The predicted octanol–water partition coefficient (Wildman–Crippen LogP) is 1.08. The number of hydrogen-bond donors (Lipinski definition) is 2. The van der Waals surface area contributed by atoms with Crippen LogP contribution in [-0.4, -0.2) is 24.0 Å². The third-order valence-corrected chi connectivity index (χ3v) is 2.17. The van der Waals surface area contributed by atoms with Gasteiger partial charge < -0.3 is 10.6 Å². The van der Waals surface area contributed by atoms with Crippen molar-refractivity contribution in [3.63, 3.8) is 0 Å². The summed E-state index contributed by atoms with van der Waals surface area (Å²) in [6.45, 7) is 3.24. The Morgan fingerprint density at radius 2 is 2.54 bits per heavy atom. The SMILES string of the molecule is CCNC(=O)CCNc1nccs1. The normalized spacial score (nSPS) is 9.62. The summed E-state index contributed by atoms with van der Waals surface area (Å²) in [6.07, 6.45) is 2.23. The lowest BCUT2D eigenvalue weighted by Gasteiger charge is -2.02. The summed E-state index contributed by atoms with van der Waals surface area (Å²) < 4.78 is 0. The fraction of sp³-hybridized carbons (Fsp3) is 0.500. The third-order valence-electron chi connectivity index (χ3n) is 1.43. The Morgan fingerprint density at radius 1 is 1.69 bits per heavy atom. The molecule has 1 aromatic rings. The topological polar surface area (TPSA) is 54.0 Å². The van der Waals surface area contributed by atoms with E-state index >= 15 is 0 Å².